The fourth-order valence-corrected chi connectivity index (χ4v) is 1.95. The van der Waals surface area contributed by atoms with Gasteiger partial charge in [0.15, 0.2) is 5.11 Å². The molecule has 0 aliphatic rings. The summed E-state index contributed by atoms with van der Waals surface area (Å²) in [6.07, 6.45) is 6.78. The topological polar surface area (TPSA) is 45.6 Å². The molecular formula is C18H16FN3OS. The highest BCUT2D eigenvalue weighted by Gasteiger charge is 2.00. The summed E-state index contributed by atoms with van der Waals surface area (Å²) in [5.41, 5.74) is 4.41. The molecule has 2 aromatic carbocycles. The molecule has 0 bridgehead atoms. The summed E-state index contributed by atoms with van der Waals surface area (Å²) >= 11 is 5.13. The van der Waals surface area contributed by atoms with Gasteiger partial charge in [-0.15, -0.1) is 6.42 Å². The van der Waals surface area contributed by atoms with Crippen molar-refractivity contribution in [3.63, 3.8) is 0 Å². The van der Waals surface area contributed by atoms with Gasteiger partial charge in [0, 0.05) is 12.1 Å². The third kappa shape index (κ3) is 5.71. The highest BCUT2D eigenvalue weighted by atomic mass is 32.1. The highest BCUT2D eigenvalue weighted by molar-refractivity contribution is 7.80. The predicted octanol–water partition coefficient (Wildman–Crippen LogP) is 2.84. The van der Waals surface area contributed by atoms with Crippen LogP contribution in [0.15, 0.2) is 53.6 Å². The van der Waals surface area contributed by atoms with Crippen LogP contribution in [-0.4, -0.2) is 17.9 Å². The van der Waals surface area contributed by atoms with E-state index in [0.717, 1.165) is 11.1 Å². The fourth-order valence-electron chi connectivity index (χ4n) is 1.82. The highest BCUT2D eigenvalue weighted by Crippen LogP contribution is 2.15. The van der Waals surface area contributed by atoms with Crippen LogP contribution in [0, 0.1) is 18.2 Å². The van der Waals surface area contributed by atoms with E-state index in [-0.39, 0.29) is 12.4 Å². The molecule has 0 atom stereocenters. The Morgan fingerprint density at radius 1 is 1.25 bits per heavy atom. The smallest absolute Gasteiger partial charge is 0.187 e. The molecule has 0 spiro atoms. The van der Waals surface area contributed by atoms with E-state index in [0.29, 0.717) is 17.4 Å². The lowest BCUT2D eigenvalue weighted by molar-refractivity contribution is 0.370. The maximum atomic E-state index is 12.8. The number of nitrogens with one attached hydrogen (secondary N) is 2. The third-order valence-corrected chi connectivity index (χ3v) is 3.20. The Bertz CT molecular complexity index is 754. The molecule has 2 aromatic rings. The van der Waals surface area contributed by atoms with Crippen molar-refractivity contribution in [2.45, 2.75) is 6.54 Å². The minimum atomic E-state index is -0.269. The number of thiocarbonyl (C=S) groups is 1. The van der Waals surface area contributed by atoms with Gasteiger partial charge in [-0.25, -0.2) is 4.39 Å². The second-order valence-corrected chi connectivity index (χ2v) is 5.12. The van der Waals surface area contributed by atoms with E-state index in [2.05, 4.69) is 21.8 Å². The van der Waals surface area contributed by atoms with E-state index >= 15 is 0 Å². The zero-order valence-electron chi connectivity index (χ0n) is 12.8. The summed E-state index contributed by atoms with van der Waals surface area (Å²) in [5.74, 6) is 2.79. The van der Waals surface area contributed by atoms with Gasteiger partial charge in [-0.2, -0.15) is 5.10 Å². The molecule has 4 nitrogen and oxygen atoms in total. The van der Waals surface area contributed by atoms with E-state index in [9.17, 15) is 4.39 Å². The zero-order chi connectivity index (χ0) is 17.2. The number of ether oxygens (including phenoxy) is 1. The Morgan fingerprint density at radius 2 is 2.00 bits per heavy atom. The monoisotopic (exact) mass is 341 g/mol. The number of terminal acetylenes is 1. The van der Waals surface area contributed by atoms with Crippen molar-refractivity contribution in [3.8, 4) is 18.1 Å². The summed E-state index contributed by atoms with van der Waals surface area (Å²) < 4.78 is 18.2. The van der Waals surface area contributed by atoms with Crippen LogP contribution in [0.2, 0.25) is 0 Å². The normalized spacial score (nSPS) is 10.2. The molecule has 0 saturated carbocycles. The van der Waals surface area contributed by atoms with Crippen LogP contribution >= 0.6 is 12.2 Å². The Kier molecular flexibility index (Phi) is 6.74. The van der Waals surface area contributed by atoms with Gasteiger partial charge in [0.1, 0.15) is 18.2 Å². The van der Waals surface area contributed by atoms with Crippen LogP contribution in [0.5, 0.6) is 5.75 Å². The van der Waals surface area contributed by atoms with Gasteiger partial charge in [0.25, 0.3) is 0 Å². The Labute approximate surface area is 145 Å². The molecule has 0 aliphatic carbocycles. The van der Waals surface area contributed by atoms with Crippen molar-refractivity contribution in [1.82, 2.24) is 10.7 Å². The van der Waals surface area contributed by atoms with Crippen molar-refractivity contribution in [2.75, 3.05) is 6.61 Å². The van der Waals surface area contributed by atoms with E-state index < -0.39 is 0 Å². The lowest BCUT2D eigenvalue weighted by atomic mass is 10.2. The first-order valence-corrected chi connectivity index (χ1v) is 7.56. The van der Waals surface area contributed by atoms with Crippen LogP contribution in [-0.2, 0) is 6.54 Å². The zero-order valence-corrected chi connectivity index (χ0v) is 13.6. The van der Waals surface area contributed by atoms with Gasteiger partial charge in [0.2, 0.25) is 0 Å². The Balaban J connectivity index is 1.84. The molecule has 2 rings (SSSR count). The van der Waals surface area contributed by atoms with Crippen LogP contribution < -0.4 is 15.5 Å². The molecule has 0 amide bonds. The first-order chi connectivity index (χ1) is 11.7. The van der Waals surface area contributed by atoms with Gasteiger partial charge < -0.3 is 10.1 Å². The quantitative estimate of drug-likeness (QED) is 0.367. The van der Waals surface area contributed by atoms with Gasteiger partial charge in [-0.3, -0.25) is 5.43 Å². The number of nitrogens with zero attached hydrogens (tertiary/aromatic N) is 1. The van der Waals surface area contributed by atoms with Crippen LogP contribution in [0.1, 0.15) is 11.1 Å². The predicted molar refractivity (Wildman–Crippen MR) is 97.3 cm³/mol. The number of benzene rings is 2. The van der Waals surface area contributed by atoms with Crippen LogP contribution in [0.3, 0.4) is 0 Å². The summed E-state index contributed by atoms with van der Waals surface area (Å²) in [5, 5.41) is 7.41. The number of hydrogen-bond donors (Lipinski definition) is 2. The Morgan fingerprint density at radius 3 is 2.75 bits per heavy atom. The maximum Gasteiger partial charge on any atom is 0.187 e. The number of rotatable bonds is 6. The maximum absolute atomic E-state index is 12.8. The fraction of sp³-hybridized carbons (Fsp3) is 0.111. The van der Waals surface area contributed by atoms with Gasteiger partial charge >= 0.3 is 0 Å². The Hall–Kier alpha value is -2.91. The van der Waals surface area contributed by atoms with Crippen molar-refractivity contribution >= 4 is 23.5 Å². The molecule has 0 radical (unpaired) electrons. The molecule has 0 aliphatic heterocycles. The summed E-state index contributed by atoms with van der Waals surface area (Å²) in [6, 6.07) is 13.6. The SMILES string of the molecule is C#CCOc1ccccc1/C=N\NC(=S)NCc1ccc(F)cc1. The van der Waals surface area contributed by atoms with Crippen LogP contribution in [0.4, 0.5) is 4.39 Å². The minimum absolute atomic E-state index is 0.190. The van der Waals surface area contributed by atoms with Crippen LogP contribution in [0.25, 0.3) is 0 Å². The molecular weight excluding hydrogens is 325 g/mol. The summed E-state index contributed by atoms with van der Waals surface area (Å²) in [4.78, 5) is 0. The number of halogens is 1. The first-order valence-electron chi connectivity index (χ1n) is 7.15. The standard InChI is InChI=1S/C18H16FN3OS/c1-2-11-23-17-6-4-3-5-15(17)13-21-22-18(24)20-12-14-7-9-16(19)10-8-14/h1,3-10,13H,11-12H2,(H2,20,22,24)/b21-13-. The van der Waals surface area contributed by atoms with Gasteiger partial charge in [-0.05, 0) is 42.0 Å². The second-order valence-electron chi connectivity index (χ2n) is 4.71. The van der Waals surface area contributed by atoms with Gasteiger partial charge in [0.05, 0.1) is 6.21 Å². The van der Waals surface area contributed by atoms with Crippen molar-refractivity contribution in [1.29, 1.82) is 0 Å². The minimum Gasteiger partial charge on any atom is -0.480 e. The van der Waals surface area contributed by atoms with E-state index in [4.69, 9.17) is 23.4 Å². The largest absolute Gasteiger partial charge is 0.480 e. The summed E-state index contributed by atoms with van der Waals surface area (Å²) in [7, 11) is 0. The van der Waals surface area contributed by atoms with Crippen molar-refractivity contribution in [2.24, 2.45) is 5.10 Å². The molecule has 24 heavy (non-hydrogen) atoms. The molecule has 0 fully saturated rings. The third-order valence-electron chi connectivity index (χ3n) is 2.97. The first kappa shape index (κ1) is 17.4. The average Bonchev–Trinajstić information content (AvgIpc) is 2.60. The molecule has 0 aromatic heterocycles. The lowest BCUT2D eigenvalue weighted by Gasteiger charge is -2.08. The van der Waals surface area contributed by atoms with E-state index in [1.54, 1.807) is 18.3 Å². The number of hydrogen-bond acceptors (Lipinski definition) is 3. The second kappa shape index (κ2) is 9.28. The number of hydrazone groups is 1. The van der Waals surface area contributed by atoms with E-state index in [1.807, 2.05) is 24.3 Å². The average molecular weight is 341 g/mol. The molecule has 0 unspecified atom stereocenters. The number of para-hydroxylation sites is 1. The van der Waals surface area contributed by atoms with E-state index in [1.165, 1.54) is 12.1 Å². The van der Waals surface area contributed by atoms with Crippen molar-refractivity contribution < 1.29 is 9.13 Å². The molecule has 0 saturated heterocycles. The molecule has 122 valence electrons. The molecule has 6 heteroatoms. The lowest BCUT2D eigenvalue weighted by Crippen LogP contribution is -2.31. The van der Waals surface area contributed by atoms with Crippen molar-refractivity contribution in [3.05, 3.63) is 65.5 Å². The summed E-state index contributed by atoms with van der Waals surface area (Å²) in [6.45, 7) is 0.666. The molecule has 2 N–H and O–H groups in total. The molecule has 0 heterocycles. The van der Waals surface area contributed by atoms with Gasteiger partial charge in [-0.1, -0.05) is 30.2 Å².